The highest BCUT2D eigenvalue weighted by atomic mass is 19.4. The van der Waals surface area contributed by atoms with Gasteiger partial charge in [-0.1, -0.05) is 18.2 Å². The first kappa shape index (κ1) is 17.3. The van der Waals surface area contributed by atoms with Gasteiger partial charge in [0.15, 0.2) is 0 Å². The van der Waals surface area contributed by atoms with E-state index in [1.54, 1.807) is 6.07 Å². The maximum Gasteiger partial charge on any atom is 0.416 e. The average molecular weight is 323 g/mol. The van der Waals surface area contributed by atoms with Crippen molar-refractivity contribution in [1.29, 1.82) is 0 Å². The first-order valence-corrected chi connectivity index (χ1v) is 7.33. The predicted molar refractivity (Wildman–Crippen MR) is 84.6 cm³/mol. The van der Waals surface area contributed by atoms with Gasteiger partial charge < -0.3 is 10.1 Å². The van der Waals surface area contributed by atoms with Crippen LogP contribution in [0.15, 0.2) is 48.5 Å². The summed E-state index contributed by atoms with van der Waals surface area (Å²) in [5, 5.41) is 3.35. The van der Waals surface area contributed by atoms with E-state index < -0.39 is 11.7 Å². The van der Waals surface area contributed by atoms with Gasteiger partial charge in [-0.15, -0.1) is 0 Å². The summed E-state index contributed by atoms with van der Waals surface area (Å²) >= 11 is 0. The summed E-state index contributed by atoms with van der Waals surface area (Å²) in [7, 11) is 0. The maximum atomic E-state index is 12.7. The Hall–Kier alpha value is -2.01. The molecule has 2 aromatic rings. The molecular weight excluding hydrogens is 303 g/mol. The highest BCUT2D eigenvalue weighted by molar-refractivity contribution is 5.36. The summed E-state index contributed by atoms with van der Waals surface area (Å²) in [5.41, 5.74) is 0.266. The van der Waals surface area contributed by atoms with Crippen molar-refractivity contribution in [3.63, 3.8) is 0 Å². The highest BCUT2D eigenvalue weighted by Gasteiger charge is 2.30. The van der Waals surface area contributed by atoms with Crippen molar-refractivity contribution in [3.8, 4) is 11.5 Å². The molecule has 0 aromatic heterocycles. The minimum Gasteiger partial charge on any atom is -0.457 e. The number of hydrogen-bond acceptors (Lipinski definition) is 2. The van der Waals surface area contributed by atoms with Crippen LogP contribution >= 0.6 is 0 Å². The third-order valence-electron chi connectivity index (χ3n) is 3.12. The van der Waals surface area contributed by atoms with Gasteiger partial charge in [0.2, 0.25) is 0 Å². The number of hydrogen-bond donors (Lipinski definition) is 1. The van der Waals surface area contributed by atoms with Gasteiger partial charge in [-0.05, 0) is 56.7 Å². The molecule has 2 nitrogen and oxygen atoms in total. The fraction of sp³-hybridized carbons (Fsp3) is 0.333. The Balaban J connectivity index is 2.12. The smallest absolute Gasteiger partial charge is 0.416 e. The van der Waals surface area contributed by atoms with Gasteiger partial charge in [-0.3, -0.25) is 0 Å². The quantitative estimate of drug-likeness (QED) is 0.815. The van der Waals surface area contributed by atoms with E-state index >= 15 is 0 Å². The van der Waals surface area contributed by atoms with Crippen molar-refractivity contribution in [1.82, 2.24) is 5.32 Å². The van der Waals surface area contributed by atoms with E-state index in [2.05, 4.69) is 26.1 Å². The van der Waals surface area contributed by atoms with Gasteiger partial charge in [0.05, 0.1) is 5.56 Å². The second-order valence-electron chi connectivity index (χ2n) is 6.38. The van der Waals surface area contributed by atoms with E-state index in [0.29, 0.717) is 12.3 Å². The lowest BCUT2D eigenvalue weighted by atomic mass is 10.1. The van der Waals surface area contributed by atoms with E-state index in [0.717, 1.165) is 17.7 Å². The zero-order valence-corrected chi connectivity index (χ0v) is 13.4. The Morgan fingerprint density at radius 2 is 1.52 bits per heavy atom. The van der Waals surface area contributed by atoms with E-state index in [-0.39, 0.29) is 11.3 Å². The highest BCUT2D eigenvalue weighted by Crippen LogP contribution is 2.32. The van der Waals surface area contributed by atoms with Crippen LogP contribution in [-0.2, 0) is 12.7 Å². The molecule has 124 valence electrons. The van der Waals surface area contributed by atoms with E-state index in [4.69, 9.17) is 4.74 Å². The predicted octanol–water partition coefficient (Wildman–Crippen LogP) is 5.39. The molecule has 23 heavy (non-hydrogen) atoms. The fourth-order valence-electron chi connectivity index (χ4n) is 1.96. The zero-order valence-electron chi connectivity index (χ0n) is 13.4. The van der Waals surface area contributed by atoms with E-state index in [1.807, 2.05) is 18.2 Å². The minimum atomic E-state index is -4.38. The molecule has 0 aliphatic carbocycles. The molecule has 0 radical (unpaired) electrons. The Morgan fingerprint density at radius 3 is 2.13 bits per heavy atom. The number of rotatable bonds is 4. The van der Waals surface area contributed by atoms with Crippen LogP contribution in [0.2, 0.25) is 0 Å². The number of alkyl halides is 3. The molecule has 0 saturated carbocycles. The molecule has 5 heteroatoms. The summed E-state index contributed by atoms with van der Waals surface area (Å²) in [5.74, 6) is 0.679. The lowest BCUT2D eigenvalue weighted by molar-refractivity contribution is -0.137. The van der Waals surface area contributed by atoms with Crippen LogP contribution in [0.4, 0.5) is 13.2 Å². The molecule has 0 amide bonds. The van der Waals surface area contributed by atoms with Gasteiger partial charge in [0, 0.05) is 12.1 Å². The standard InChI is InChI=1S/C18H20F3NO/c1-17(2,3)22-12-13-6-4-8-15(10-13)23-16-9-5-7-14(11-16)18(19,20)21/h4-11,22H,12H2,1-3H3. The summed E-state index contributed by atoms with van der Waals surface area (Å²) in [6.45, 7) is 6.85. The van der Waals surface area contributed by atoms with E-state index in [9.17, 15) is 13.2 Å². The molecule has 2 aromatic carbocycles. The minimum absolute atomic E-state index is 0.0160. The Morgan fingerprint density at radius 1 is 0.913 bits per heavy atom. The van der Waals surface area contributed by atoms with Crippen molar-refractivity contribution in [2.75, 3.05) is 0 Å². The summed E-state index contributed by atoms with van der Waals surface area (Å²) in [6, 6.07) is 12.2. The largest absolute Gasteiger partial charge is 0.457 e. The van der Waals surface area contributed by atoms with Crippen LogP contribution in [0.3, 0.4) is 0 Å². The molecule has 0 aliphatic heterocycles. The fourth-order valence-corrected chi connectivity index (χ4v) is 1.96. The molecule has 0 spiro atoms. The number of halogens is 3. The number of benzene rings is 2. The molecule has 0 fully saturated rings. The lowest BCUT2D eigenvalue weighted by Gasteiger charge is -2.20. The lowest BCUT2D eigenvalue weighted by Crippen LogP contribution is -2.35. The molecule has 0 atom stereocenters. The van der Waals surface area contributed by atoms with Crippen molar-refractivity contribution in [3.05, 3.63) is 59.7 Å². The van der Waals surface area contributed by atoms with Crippen molar-refractivity contribution in [2.24, 2.45) is 0 Å². The van der Waals surface area contributed by atoms with Gasteiger partial charge in [-0.25, -0.2) is 0 Å². The third kappa shape index (κ3) is 5.60. The average Bonchev–Trinajstić information content (AvgIpc) is 2.44. The third-order valence-corrected chi connectivity index (χ3v) is 3.12. The Bertz CT molecular complexity index is 660. The Labute approximate surface area is 134 Å². The van der Waals surface area contributed by atoms with Crippen molar-refractivity contribution < 1.29 is 17.9 Å². The first-order chi connectivity index (χ1) is 10.6. The molecule has 0 aliphatic rings. The van der Waals surface area contributed by atoms with Crippen LogP contribution in [0.1, 0.15) is 31.9 Å². The normalized spacial score (nSPS) is 12.3. The van der Waals surface area contributed by atoms with Crippen LogP contribution < -0.4 is 10.1 Å². The number of nitrogens with one attached hydrogen (secondary N) is 1. The second-order valence-corrected chi connectivity index (χ2v) is 6.38. The monoisotopic (exact) mass is 323 g/mol. The zero-order chi connectivity index (χ0) is 17.1. The molecule has 0 unspecified atom stereocenters. The Kier molecular flexibility index (Phi) is 5.00. The summed E-state index contributed by atoms with van der Waals surface area (Å²) in [6.07, 6.45) is -4.38. The molecule has 2 rings (SSSR count). The maximum absolute atomic E-state index is 12.7. The molecule has 1 N–H and O–H groups in total. The van der Waals surface area contributed by atoms with Gasteiger partial charge in [-0.2, -0.15) is 13.2 Å². The van der Waals surface area contributed by atoms with E-state index in [1.165, 1.54) is 12.1 Å². The van der Waals surface area contributed by atoms with Crippen LogP contribution in [0.5, 0.6) is 11.5 Å². The van der Waals surface area contributed by atoms with Crippen molar-refractivity contribution >= 4 is 0 Å². The first-order valence-electron chi connectivity index (χ1n) is 7.33. The molecular formula is C18H20F3NO. The van der Waals surface area contributed by atoms with Gasteiger partial charge in [0.25, 0.3) is 0 Å². The SMILES string of the molecule is CC(C)(C)NCc1cccc(Oc2cccc(C(F)(F)F)c2)c1. The van der Waals surface area contributed by atoms with Gasteiger partial charge in [0.1, 0.15) is 11.5 Å². The topological polar surface area (TPSA) is 21.3 Å². The molecule has 0 bridgehead atoms. The summed E-state index contributed by atoms with van der Waals surface area (Å²) < 4.78 is 43.7. The van der Waals surface area contributed by atoms with Crippen LogP contribution in [0.25, 0.3) is 0 Å². The second kappa shape index (κ2) is 6.62. The molecule has 0 heterocycles. The van der Waals surface area contributed by atoms with Crippen molar-refractivity contribution in [2.45, 2.75) is 39.0 Å². The van der Waals surface area contributed by atoms with Crippen LogP contribution in [-0.4, -0.2) is 5.54 Å². The molecule has 0 saturated heterocycles. The van der Waals surface area contributed by atoms with Crippen LogP contribution in [0, 0.1) is 0 Å². The van der Waals surface area contributed by atoms with Gasteiger partial charge >= 0.3 is 6.18 Å². The number of ether oxygens (including phenoxy) is 1. The summed E-state index contributed by atoms with van der Waals surface area (Å²) in [4.78, 5) is 0.